The number of aromatic nitrogens is 1. The molecule has 0 aliphatic heterocycles. The van der Waals surface area contributed by atoms with Gasteiger partial charge < -0.3 is 5.32 Å². The molecule has 0 spiro atoms. The van der Waals surface area contributed by atoms with Gasteiger partial charge in [-0.2, -0.15) is 0 Å². The Labute approximate surface area is 152 Å². The summed E-state index contributed by atoms with van der Waals surface area (Å²) in [6, 6.07) is 11.0. The van der Waals surface area contributed by atoms with Gasteiger partial charge in [-0.25, -0.2) is 0 Å². The van der Waals surface area contributed by atoms with Gasteiger partial charge in [0, 0.05) is 23.3 Å². The van der Waals surface area contributed by atoms with Crippen molar-refractivity contribution in [1.82, 2.24) is 4.98 Å². The van der Waals surface area contributed by atoms with E-state index in [2.05, 4.69) is 68.0 Å². The number of nitrogens with one attached hydrogen (secondary N) is 1. The van der Waals surface area contributed by atoms with Crippen LogP contribution in [0.2, 0.25) is 0 Å². The molecule has 0 radical (unpaired) electrons. The number of allylic oxidation sites excluding steroid dienone is 1. The SMILES string of the molecule is C=C(CCC1CCCC1c1ccnc(C)c1)Nc1ccc(C)c(C)c1. The Kier molecular flexibility index (Phi) is 5.57. The fraction of sp³-hybridized carbons (Fsp3) is 0.435. The number of hydrogen-bond acceptors (Lipinski definition) is 2. The highest BCUT2D eigenvalue weighted by Gasteiger charge is 2.28. The lowest BCUT2D eigenvalue weighted by molar-refractivity contribution is 0.449. The third-order valence-corrected chi connectivity index (χ3v) is 5.65. The molecule has 1 fully saturated rings. The Morgan fingerprint density at radius 2 is 1.96 bits per heavy atom. The summed E-state index contributed by atoms with van der Waals surface area (Å²) in [5.74, 6) is 1.45. The second-order valence-electron chi connectivity index (χ2n) is 7.59. The van der Waals surface area contributed by atoms with Crippen LogP contribution in [-0.4, -0.2) is 4.98 Å². The highest BCUT2D eigenvalue weighted by Crippen LogP contribution is 2.42. The predicted octanol–water partition coefficient (Wildman–Crippen LogP) is 6.30. The lowest BCUT2D eigenvalue weighted by Crippen LogP contribution is -2.09. The summed E-state index contributed by atoms with van der Waals surface area (Å²) in [5, 5.41) is 3.49. The molecule has 1 aromatic carbocycles. The maximum atomic E-state index is 4.35. The van der Waals surface area contributed by atoms with Gasteiger partial charge in [0.05, 0.1) is 0 Å². The highest BCUT2D eigenvalue weighted by atomic mass is 14.9. The van der Waals surface area contributed by atoms with Gasteiger partial charge in [0.25, 0.3) is 0 Å². The van der Waals surface area contributed by atoms with Crippen molar-refractivity contribution in [3.63, 3.8) is 0 Å². The Morgan fingerprint density at radius 3 is 2.72 bits per heavy atom. The van der Waals surface area contributed by atoms with Crippen LogP contribution in [0.1, 0.15) is 60.4 Å². The van der Waals surface area contributed by atoms with Crippen LogP contribution in [0.15, 0.2) is 48.8 Å². The molecule has 2 atom stereocenters. The number of benzene rings is 1. The number of aryl methyl sites for hydroxylation is 3. The summed E-state index contributed by atoms with van der Waals surface area (Å²) < 4.78 is 0. The molecule has 132 valence electrons. The molecule has 25 heavy (non-hydrogen) atoms. The lowest BCUT2D eigenvalue weighted by Gasteiger charge is -2.21. The van der Waals surface area contributed by atoms with Gasteiger partial charge in [0.2, 0.25) is 0 Å². The maximum absolute atomic E-state index is 4.35. The van der Waals surface area contributed by atoms with Crippen molar-refractivity contribution in [3.8, 4) is 0 Å². The summed E-state index contributed by atoms with van der Waals surface area (Å²) in [4.78, 5) is 4.35. The van der Waals surface area contributed by atoms with E-state index < -0.39 is 0 Å². The van der Waals surface area contributed by atoms with Crippen LogP contribution in [0.25, 0.3) is 0 Å². The second kappa shape index (κ2) is 7.86. The minimum atomic E-state index is 0.691. The molecule has 1 saturated carbocycles. The molecule has 1 heterocycles. The zero-order chi connectivity index (χ0) is 17.8. The fourth-order valence-corrected chi connectivity index (χ4v) is 4.06. The van der Waals surface area contributed by atoms with Crippen LogP contribution in [0.4, 0.5) is 5.69 Å². The summed E-state index contributed by atoms with van der Waals surface area (Å²) in [6.45, 7) is 10.6. The zero-order valence-electron chi connectivity index (χ0n) is 15.8. The monoisotopic (exact) mass is 334 g/mol. The molecule has 1 aromatic heterocycles. The van der Waals surface area contributed by atoms with E-state index in [0.29, 0.717) is 5.92 Å². The normalized spacial score (nSPS) is 19.8. The van der Waals surface area contributed by atoms with Crippen LogP contribution < -0.4 is 5.32 Å². The summed E-state index contributed by atoms with van der Waals surface area (Å²) >= 11 is 0. The first-order valence-corrected chi connectivity index (χ1v) is 9.47. The Balaban J connectivity index is 1.56. The average molecular weight is 335 g/mol. The van der Waals surface area contributed by atoms with Gasteiger partial charge in [-0.3, -0.25) is 4.98 Å². The van der Waals surface area contributed by atoms with Crippen molar-refractivity contribution in [2.24, 2.45) is 5.92 Å². The number of nitrogens with zero attached hydrogens (tertiary/aromatic N) is 1. The van der Waals surface area contributed by atoms with Crippen molar-refractivity contribution < 1.29 is 0 Å². The van der Waals surface area contributed by atoms with Crippen molar-refractivity contribution in [3.05, 3.63) is 71.2 Å². The number of anilines is 1. The smallest absolute Gasteiger partial charge is 0.0384 e. The summed E-state index contributed by atoms with van der Waals surface area (Å²) in [5.41, 5.74) is 7.53. The number of hydrogen-bond donors (Lipinski definition) is 1. The molecule has 0 saturated heterocycles. The first-order chi connectivity index (χ1) is 12.0. The van der Waals surface area contributed by atoms with Gasteiger partial charge in [-0.05, 0) is 99.2 Å². The van der Waals surface area contributed by atoms with E-state index in [-0.39, 0.29) is 0 Å². The van der Waals surface area contributed by atoms with Gasteiger partial charge in [-0.15, -0.1) is 0 Å². The molecule has 1 aliphatic carbocycles. The van der Waals surface area contributed by atoms with E-state index >= 15 is 0 Å². The first kappa shape index (κ1) is 17.7. The molecule has 2 heteroatoms. The molecule has 1 aliphatic rings. The zero-order valence-corrected chi connectivity index (χ0v) is 15.8. The Hall–Kier alpha value is -2.09. The average Bonchev–Trinajstić information content (AvgIpc) is 3.05. The van der Waals surface area contributed by atoms with Gasteiger partial charge in [0.15, 0.2) is 0 Å². The summed E-state index contributed by atoms with van der Waals surface area (Å²) in [6.07, 6.45) is 8.20. The lowest BCUT2D eigenvalue weighted by atomic mass is 9.86. The van der Waals surface area contributed by atoms with E-state index in [1.807, 2.05) is 6.20 Å². The van der Waals surface area contributed by atoms with Crippen molar-refractivity contribution in [1.29, 1.82) is 0 Å². The van der Waals surface area contributed by atoms with E-state index in [4.69, 9.17) is 0 Å². The molecule has 2 unspecified atom stereocenters. The van der Waals surface area contributed by atoms with Crippen LogP contribution in [0.5, 0.6) is 0 Å². The molecular weight excluding hydrogens is 304 g/mol. The van der Waals surface area contributed by atoms with Gasteiger partial charge in [0.1, 0.15) is 0 Å². The predicted molar refractivity (Wildman–Crippen MR) is 107 cm³/mol. The standard InChI is InChI=1S/C23H30N2/c1-16-8-11-22(14-17(16)2)25-18(3)9-10-20-6-5-7-23(20)21-12-13-24-19(4)15-21/h8,11-15,20,23,25H,3,5-7,9-10H2,1-2,4H3. The van der Waals surface area contributed by atoms with Crippen molar-refractivity contribution in [2.45, 2.75) is 58.8 Å². The third kappa shape index (κ3) is 4.50. The van der Waals surface area contributed by atoms with E-state index in [0.717, 1.165) is 29.4 Å². The molecule has 3 rings (SSSR count). The third-order valence-electron chi connectivity index (χ3n) is 5.65. The maximum Gasteiger partial charge on any atom is 0.0384 e. The van der Waals surface area contributed by atoms with Crippen molar-refractivity contribution >= 4 is 5.69 Å². The molecule has 2 nitrogen and oxygen atoms in total. The molecular formula is C23H30N2. The van der Waals surface area contributed by atoms with Crippen molar-refractivity contribution in [2.75, 3.05) is 5.32 Å². The summed E-state index contributed by atoms with van der Waals surface area (Å²) in [7, 11) is 0. The van der Waals surface area contributed by atoms with Crippen LogP contribution in [-0.2, 0) is 0 Å². The van der Waals surface area contributed by atoms with E-state index in [9.17, 15) is 0 Å². The fourth-order valence-electron chi connectivity index (χ4n) is 4.06. The Morgan fingerprint density at radius 1 is 1.12 bits per heavy atom. The molecule has 2 aromatic rings. The molecule has 1 N–H and O–H groups in total. The van der Waals surface area contributed by atoms with Gasteiger partial charge in [-0.1, -0.05) is 19.1 Å². The first-order valence-electron chi connectivity index (χ1n) is 9.47. The van der Waals surface area contributed by atoms with E-state index in [1.165, 1.54) is 42.4 Å². The van der Waals surface area contributed by atoms with Crippen LogP contribution in [0.3, 0.4) is 0 Å². The number of pyridine rings is 1. The minimum Gasteiger partial charge on any atom is -0.359 e. The largest absolute Gasteiger partial charge is 0.359 e. The number of rotatable bonds is 6. The minimum absolute atomic E-state index is 0.691. The van der Waals surface area contributed by atoms with Gasteiger partial charge >= 0.3 is 0 Å². The topological polar surface area (TPSA) is 24.9 Å². The Bertz CT molecular complexity index is 748. The van der Waals surface area contributed by atoms with Crippen LogP contribution >= 0.6 is 0 Å². The van der Waals surface area contributed by atoms with Crippen LogP contribution in [0, 0.1) is 26.7 Å². The van der Waals surface area contributed by atoms with E-state index in [1.54, 1.807) is 0 Å². The molecule has 0 bridgehead atoms. The quantitative estimate of drug-likeness (QED) is 0.671. The second-order valence-corrected chi connectivity index (χ2v) is 7.59. The highest BCUT2D eigenvalue weighted by molar-refractivity contribution is 5.51. The molecule has 0 amide bonds.